The Kier molecular flexibility index (Phi) is 4.16. The van der Waals surface area contributed by atoms with E-state index in [1.165, 1.54) is 37.7 Å². The van der Waals surface area contributed by atoms with Gasteiger partial charge in [0.2, 0.25) is 0 Å². The summed E-state index contributed by atoms with van der Waals surface area (Å²) in [6.07, 6.45) is 6.90. The van der Waals surface area contributed by atoms with E-state index < -0.39 is 0 Å². The summed E-state index contributed by atoms with van der Waals surface area (Å²) < 4.78 is 0. The van der Waals surface area contributed by atoms with Crippen molar-refractivity contribution in [2.24, 2.45) is 5.92 Å². The van der Waals surface area contributed by atoms with E-state index in [0.717, 1.165) is 5.92 Å². The molecule has 1 aliphatic rings. The average molecular weight is 257 g/mol. The van der Waals surface area contributed by atoms with Crippen molar-refractivity contribution >= 4 is 23.2 Å². The lowest BCUT2D eigenvalue weighted by atomic mass is 9.78. The van der Waals surface area contributed by atoms with Gasteiger partial charge in [-0.3, -0.25) is 0 Å². The molecule has 0 aliphatic heterocycles. The number of hydrogen-bond donors (Lipinski definition) is 0. The van der Waals surface area contributed by atoms with E-state index in [0.29, 0.717) is 16.0 Å². The van der Waals surface area contributed by atoms with Gasteiger partial charge in [0.25, 0.3) is 0 Å². The standard InChI is InChI=1S/C14H18Cl2/c1-10(11-5-3-2-4-6-11)12-7-8-13(15)14(16)9-12/h7-11H,2-6H2,1H3. The van der Waals surface area contributed by atoms with Crippen molar-refractivity contribution < 1.29 is 0 Å². The minimum absolute atomic E-state index is 0.607. The summed E-state index contributed by atoms with van der Waals surface area (Å²) in [7, 11) is 0. The molecule has 0 saturated heterocycles. The van der Waals surface area contributed by atoms with Crippen LogP contribution in [0, 0.1) is 5.92 Å². The summed E-state index contributed by atoms with van der Waals surface area (Å²) >= 11 is 12.0. The highest BCUT2D eigenvalue weighted by Gasteiger charge is 2.21. The molecule has 1 aliphatic carbocycles. The van der Waals surface area contributed by atoms with Gasteiger partial charge in [-0.2, -0.15) is 0 Å². The number of halogens is 2. The molecule has 0 spiro atoms. The van der Waals surface area contributed by atoms with E-state index >= 15 is 0 Å². The van der Waals surface area contributed by atoms with Crippen LogP contribution in [0.5, 0.6) is 0 Å². The molecule has 1 aromatic carbocycles. The summed E-state index contributed by atoms with van der Waals surface area (Å²) in [5.41, 5.74) is 1.33. The predicted molar refractivity (Wildman–Crippen MR) is 71.5 cm³/mol. The number of benzene rings is 1. The van der Waals surface area contributed by atoms with Crippen LogP contribution in [-0.2, 0) is 0 Å². The fourth-order valence-corrected chi connectivity index (χ4v) is 3.01. The van der Waals surface area contributed by atoms with Crippen molar-refractivity contribution in [1.82, 2.24) is 0 Å². The van der Waals surface area contributed by atoms with Crippen LogP contribution in [0.2, 0.25) is 10.0 Å². The molecule has 1 fully saturated rings. The summed E-state index contributed by atoms with van der Waals surface area (Å²) in [5.74, 6) is 1.43. The van der Waals surface area contributed by atoms with Crippen LogP contribution in [0.3, 0.4) is 0 Å². The molecular formula is C14H18Cl2. The van der Waals surface area contributed by atoms with Gasteiger partial charge in [-0.25, -0.2) is 0 Å². The van der Waals surface area contributed by atoms with Gasteiger partial charge < -0.3 is 0 Å². The van der Waals surface area contributed by atoms with Crippen molar-refractivity contribution in [2.75, 3.05) is 0 Å². The minimum Gasteiger partial charge on any atom is -0.0827 e. The van der Waals surface area contributed by atoms with Gasteiger partial charge in [-0.05, 0) is 42.4 Å². The molecule has 0 heterocycles. The fraction of sp³-hybridized carbons (Fsp3) is 0.571. The SMILES string of the molecule is CC(c1ccc(Cl)c(Cl)c1)C1CCCCC1. The Balaban J connectivity index is 2.12. The average Bonchev–Trinajstić information content (AvgIpc) is 2.33. The highest BCUT2D eigenvalue weighted by molar-refractivity contribution is 6.42. The zero-order valence-corrected chi connectivity index (χ0v) is 11.2. The van der Waals surface area contributed by atoms with Gasteiger partial charge in [-0.1, -0.05) is 55.5 Å². The molecule has 0 aromatic heterocycles. The Hall–Kier alpha value is -0.200. The lowest BCUT2D eigenvalue weighted by Gasteiger charge is -2.28. The first-order valence-corrected chi connectivity index (χ1v) is 6.89. The summed E-state index contributed by atoms with van der Waals surface area (Å²) in [4.78, 5) is 0. The Morgan fingerprint density at radius 2 is 1.75 bits per heavy atom. The first kappa shape index (κ1) is 12.3. The van der Waals surface area contributed by atoms with Crippen LogP contribution < -0.4 is 0 Å². The maximum absolute atomic E-state index is 6.06. The van der Waals surface area contributed by atoms with E-state index in [9.17, 15) is 0 Å². The van der Waals surface area contributed by atoms with Crippen LogP contribution in [0.4, 0.5) is 0 Å². The van der Waals surface area contributed by atoms with Gasteiger partial charge in [0.05, 0.1) is 10.0 Å². The van der Waals surface area contributed by atoms with Gasteiger partial charge in [-0.15, -0.1) is 0 Å². The molecule has 0 bridgehead atoms. The third kappa shape index (κ3) is 2.73. The third-order valence-corrected chi connectivity index (χ3v) is 4.57. The topological polar surface area (TPSA) is 0 Å². The first-order valence-electron chi connectivity index (χ1n) is 6.13. The second-order valence-corrected chi connectivity index (χ2v) is 5.67. The van der Waals surface area contributed by atoms with Crippen molar-refractivity contribution in [3.8, 4) is 0 Å². The molecule has 0 radical (unpaired) electrons. The molecule has 0 N–H and O–H groups in total. The van der Waals surface area contributed by atoms with Crippen LogP contribution in [0.1, 0.15) is 50.5 Å². The van der Waals surface area contributed by atoms with Crippen LogP contribution in [0.15, 0.2) is 18.2 Å². The molecule has 88 valence electrons. The Morgan fingerprint density at radius 3 is 2.38 bits per heavy atom. The maximum atomic E-state index is 6.06. The largest absolute Gasteiger partial charge is 0.0827 e. The molecule has 0 nitrogen and oxygen atoms in total. The summed E-state index contributed by atoms with van der Waals surface area (Å²) in [6, 6.07) is 6.06. The predicted octanol–water partition coefficient (Wildman–Crippen LogP) is 5.68. The molecule has 1 saturated carbocycles. The van der Waals surface area contributed by atoms with Gasteiger partial charge in [0.1, 0.15) is 0 Å². The molecule has 1 atom stereocenters. The van der Waals surface area contributed by atoms with Gasteiger partial charge in [0.15, 0.2) is 0 Å². The Bertz CT molecular complexity index is 354. The minimum atomic E-state index is 0.607. The lowest BCUT2D eigenvalue weighted by Crippen LogP contribution is -2.13. The molecule has 1 unspecified atom stereocenters. The third-order valence-electron chi connectivity index (χ3n) is 3.83. The second-order valence-electron chi connectivity index (χ2n) is 4.86. The quantitative estimate of drug-likeness (QED) is 0.639. The molecule has 2 heteroatoms. The molecule has 0 amide bonds. The second kappa shape index (κ2) is 5.42. The maximum Gasteiger partial charge on any atom is 0.0595 e. The van der Waals surface area contributed by atoms with Crippen molar-refractivity contribution in [2.45, 2.75) is 44.9 Å². The van der Waals surface area contributed by atoms with E-state index in [4.69, 9.17) is 23.2 Å². The fourth-order valence-electron chi connectivity index (χ4n) is 2.70. The van der Waals surface area contributed by atoms with Gasteiger partial charge >= 0.3 is 0 Å². The summed E-state index contributed by atoms with van der Waals surface area (Å²) in [6.45, 7) is 2.32. The smallest absolute Gasteiger partial charge is 0.0595 e. The highest BCUT2D eigenvalue weighted by Crippen LogP contribution is 2.37. The van der Waals surface area contributed by atoms with Crippen LogP contribution in [0.25, 0.3) is 0 Å². The van der Waals surface area contributed by atoms with Crippen LogP contribution in [-0.4, -0.2) is 0 Å². The van der Waals surface area contributed by atoms with E-state index in [1.54, 1.807) is 0 Å². The lowest BCUT2D eigenvalue weighted by molar-refractivity contribution is 0.316. The van der Waals surface area contributed by atoms with E-state index in [1.807, 2.05) is 12.1 Å². The van der Waals surface area contributed by atoms with Crippen molar-refractivity contribution in [3.05, 3.63) is 33.8 Å². The highest BCUT2D eigenvalue weighted by atomic mass is 35.5. The summed E-state index contributed by atoms with van der Waals surface area (Å²) in [5, 5.41) is 1.34. The first-order chi connectivity index (χ1) is 7.68. The molecule has 1 aromatic rings. The normalized spacial score (nSPS) is 19.7. The number of rotatable bonds is 2. The number of hydrogen-bond acceptors (Lipinski definition) is 0. The van der Waals surface area contributed by atoms with E-state index in [-0.39, 0.29) is 0 Å². The van der Waals surface area contributed by atoms with Crippen LogP contribution >= 0.6 is 23.2 Å². The zero-order chi connectivity index (χ0) is 11.5. The molecular weight excluding hydrogens is 239 g/mol. The zero-order valence-electron chi connectivity index (χ0n) is 9.68. The van der Waals surface area contributed by atoms with Crippen molar-refractivity contribution in [1.29, 1.82) is 0 Å². The van der Waals surface area contributed by atoms with E-state index in [2.05, 4.69) is 13.0 Å². The van der Waals surface area contributed by atoms with Crippen molar-refractivity contribution in [3.63, 3.8) is 0 Å². The Morgan fingerprint density at radius 1 is 1.06 bits per heavy atom. The molecule has 16 heavy (non-hydrogen) atoms. The van der Waals surface area contributed by atoms with Gasteiger partial charge in [0, 0.05) is 0 Å². The Labute approximate surface area is 108 Å². The monoisotopic (exact) mass is 256 g/mol. The molecule has 2 rings (SSSR count).